The van der Waals surface area contributed by atoms with Gasteiger partial charge in [-0.2, -0.15) is 0 Å². The molecule has 0 unspecified atom stereocenters. The zero-order valence-corrected chi connectivity index (χ0v) is 25.8. The number of anilines is 1. The predicted octanol–water partition coefficient (Wildman–Crippen LogP) is 5.90. The number of benzene rings is 3. The van der Waals surface area contributed by atoms with Gasteiger partial charge in [0.25, 0.3) is 10.0 Å². The van der Waals surface area contributed by atoms with Gasteiger partial charge >= 0.3 is 0 Å². The molecule has 0 aliphatic heterocycles. The van der Waals surface area contributed by atoms with Crippen LogP contribution in [0.15, 0.2) is 82.6 Å². The number of carbonyl (C=O) groups excluding carboxylic acids is 2. The second kappa shape index (κ2) is 14.1. The zero-order chi connectivity index (χ0) is 29.4. The van der Waals surface area contributed by atoms with E-state index >= 15 is 0 Å². The fourth-order valence-corrected chi connectivity index (χ4v) is 5.90. The van der Waals surface area contributed by atoms with Crippen LogP contribution in [0, 0.1) is 6.92 Å². The first kappa shape index (κ1) is 31.5. The summed E-state index contributed by atoms with van der Waals surface area (Å²) in [6.45, 7) is 7.03. The number of amides is 2. The van der Waals surface area contributed by atoms with Crippen LogP contribution in [-0.2, 0) is 26.2 Å². The molecule has 1 N–H and O–H groups in total. The van der Waals surface area contributed by atoms with Gasteiger partial charge in [0.1, 0.15) is 12.6 Å². The van der Waals surface area contributed by atoms with Crippen molar-refractivity contribution in [3.05, 3.63) is 88.9 Å². The van der Waals surface area contributed by atoms with Gasteiger partial charge in [-0.3, -0.25) is 13.9 Å². The van der Waals surface area contributed by atoms with E-state index in [0.29, 0.717) is 10.7 Å². The van der Waals surface area contributed by atoms with Crippen molar-refractivity contribution in [1.29, 1.82) is 0 Å². The average Bonchev–Trinajstić information content (AvgIpc) is 2.95. The van der Waals surface area contributed by atoms with Crippen molar-refractivity contribution < 1.29 is 18.0 Å². The summed E-state index contributed by atoms with van der Waals surface area (Å²) >= 11 is 7.56. The highest BCUT2D eigenvalue weighted by molar-refractivity contribution is 7.98. The summed E-state index contributed by atoms with van der Waals surface area (Å²) in [5.74, 6) is -0.819. The average molecular weight is 602 g/mol. The van der Waals surface area contributed by atoms with E-state index in [1.807, 2.05) is 27.0 Å². The number of hydrogen-bond donors (Lipinski definition) is 1. The molecule has 0 aliphatic carbocycles. The van der Waals surface area contributed by atoms with E-state index in [0.717, 1.165) is 26.7 Å². The van der Waals surface area contributed by atoms with E-state index in [-0.39, 0.29) is 23.4 Å². The smallest absolute Gasteiger partial charge is 0.264 e. The van der Waals surface area contributed by atoms with Crippen LogP contribution >= 0.6 is 23.4 Å². The maximum atomic E-state index is 14.0. The lowest BCUT2D eigenvalue weighted by Crippen LogP contribution is -2.52. The Labute approximate surface area is 247 Å². The van der Waals surface area contributed by atoms with Gasteiger partial charge in [0.15, 0.2) is 0 Å². The van der Waals surface area contributed by atoms with Crippen LogP contribution in [0.5, 0.6) is 0 Å². The third-order valence-corrected chi connectivity index (χ3v) is 9.47. The number of halogens is 1. The minimum atomic E-state index is -4.11. The Kier molecular flexibility index (Phi) is 11.1. The third kappa shape index (κ3) is 8.02. The van der Waals surface area contributed by atoms with Gasteiger partial charge in [-0.05, 0) is 87.5 Å². The lowest BCUT2D eigenvalue weighted by atomic mass is 10.1. The summed E-state index contributed by atoms with van der Waals surface area (Å²) in [4.78, 5) is 29.5. The maximum Gasteiger partial charge on any atom is 0.264 e. The predicted molar refractivity (Wildman–Crippen MR) is 163 cm³/mol. The van der Waals surface area contributed by atoms with Gasteiger partial charge in [-0.15, -0.1) is 11.8 Å². The number of rotatable bonds is 12. The Balaban J connectivity index is 2.01. The standard InChI is InChI=1S/C30H36ClN3O4S2/c1-6-22(3)32-30(36)23(4)33(19-24-9-11-25(31)12-10-24)29(35)20-34(26-13-7-21(2)8-14-26)40(37,38)28-17-15-27(39-5)16-18-28/h7-18,22-23H,6,19-20H2,1-5H3,(H,32,36)/t22-,23-/m1/s1. The Morgan fingerprint density at radius 2 is 1.55 bits per heavy atom. The molecule has 0 saturated carbocycles. The van der Waals surface area contributed by atoms with Crippen molar-refractivity contribution in [2.24, 2.45) is 0 Å². The van der Waals surface area contributed by atoms with Gasteiger partial charge in [0.2, 0.25) is 11.8 Å². The second-order valence-electron chi connectivity index (χ2n) is 9.66. The van der Waals surface area contributed by atoms with Crippen molar-refractivity contribution in [3.63, 3.8) is 0 Å². The Bertz CT molecular complexity index is 1400. The Morgan fingerprint density at radius 1 is 0.950 bits per heavy atom. The van der Waals surface area contributed by atoms with Crippen LogP contribution in [0.4, 0.5) is 5.69 Å². The monoisotopic (exact) mass is 601 g/mol. The molecular weight excluding hydrogens is 566 g/mol. The molecule has 3 rings (SSSR count). The quantitative estimate of drug-likeness (QED) is 0.261. The summed E-state index contributed by atoms with van der Waals surface area (Å²) in [6.07, 6.45) is 2.65. The van der Waals surface area contributed by atoms with Crippen molar-refractivity contribution >= 4 is 50.9 Å². The van der Waals surface area contributed by atoms with Gasteiger partial charge in [-0.25, -0.2) is 8.42 Å². The van der Waals surface area contributed by atoms with Gasteiger partial charge in [-0.1, -0.05) is 48.4 Å². The molecular formula is C30H36ClN3O4S2. The van der Waals surface area contributed by atoms with Crippen LogP contribution in [0.3, 0.4) is 0 Å². The maximum absolute atomic E-state index is 14.0. The second-order valence-corrected chi connectivity index (χ2v) is 12.8. The lowest BCUT2D eigenvalue weighted by molar-refractivity contribution is -0.139. The van der Waals surface area contributed by atoms with Crippen LogP contribution < -0.4 is 9.62 Å². The normalized spacial score (nSPS) is 12.8. The van der Waals surface area contributed by atoms with Crippen LogP contribution in [0.1, 0.15) is 38.3 Å². The van der Waals surface area contributed by atoms with Gasteiger partial charge < -0.3 is 10.2 Å². The summed E-state index contributed by atoms with van der Waals surface area (Å²) in [6, 6.07) is 19.6. The molecule has 2 atom stereocenters. The number of thioether (sulfide) groups is 1. The highest BCUT2D eigenvalue weighted by Gasteiger charge is 2.32. The van der Waals surface area contributed by atoms with Crippen molar-refractivity contribution in [2.45, 2.75) is 62.5 Å². The van der Waals surface area contributed by atoms with Crippen molar-refractivity contribution in [3.8, 4) is 0 Å². The van der Waals surface area contributed by atoms with Crippen molar-refractivity contribution in [2.75, 3.05) is 17.1 Å². The van der Waals surface area contributed by atoms with E-state index in [9.17, 15) is 18.0 Å². The molecule has 0 saturated heterocycles. The van der Waals surface area contributed by atoms with E-state index < -0.39 is 28.5 Å². The Hall–Kier alpha value is -3.01. The molecule has 0 aromatic heterocycles. The molecule has 0 fully saturated rings. The molecule has 7 nitrogen and oxygen atoms in total. The minimum absolute atomic E-state index is 0.0730. The van der Waals surface area contributed by atoms with Crippen LogP contribution in [0.25, 0.3) is 0 Å². The first-order valence-electron chi connectivity index (χ1n) is 13.0. The molecule has 10 heteroatoms. The molecule has 0 radical (unpaired) electrons. The molecule has 0 heterocycles. The molecule has 0 bridgehead atoms. The Morgan fingerprint density at radius 3 is 2.10 bits per heavy atom. The van der Waals surface area contributed by atoms with Crippen LogP contribution in [0.2, 0.25) is 5.02 Å². The minimum Gasteiger partial charge on any atom is -0.352 e. The molecule has 214 valence electrons. The number of hydrogen-bond acceptors (Lipinski definition) is 5. The van der Waals surface area contributed by atoms with Gasteiger partial charge in [0, 0.05) is 22.5 Å². The summed E-state index contributed by atoms with van der Waals surface area (Å²) < 4.78 is 28.9. The first-order chi connectivity index (χ1) is 19.0. The fraction of sp³-hybridized carbons (Fsp3) is 0.333. The third-order valence-electron chi connectivity index (χ3n) is 6.68. The fourth-order valence-electron chi connectivity index (χ4n) is 3.95. The number of aryl methyl sites for hydroxylation is 1. The van der Waals surface area contributed by atoms with Crippen LogP contribution in [-0.4, -0.2) is 50.0 Å². The first-order valence-corrected chi connectivity index (χ1v) is 16.1. The largest absolute Gasteiger partial charge is 0.352 e. The van der Waals surface area contributed by atoms with Crippen molar-refractivity contribution in [1.82, 2.24) is 10.2 Å². The number of nitrogens with one attached hydrogen (secondary N) is 1. The number of nitrogens with zero attached hydrogens (tertiary/aromatic N) is 2. The molecule has 3 aromatic rings. The van der Waals surface area contributed by atoms with E-state index in [2.05, 4.69) is 5.32 Å². The van der Waals surface area contributed by atoms with E-state index in [1.54, 1.807) is 79.7 Å². The van der Waals surface area contributed by atoms with Gasteiger partial charge in [0.05, 0.1) is 10.6 Å². The number of sulfonamides is 1. The highest BCUT2D eigenvalue weighted by atomic mass is 35.5. The number of carbonyl (C=O) groups is 2. The van der Waals surface area contributed by atoms with E-state index in [1.165, 1.54) is 16.7 Å². The topological polar surface area (TPSA) is 86.8 Å². The molecule has 40 heavy (non-hydrogen) atoms. The zero-order valence-electron chi connectivity index (χ0n) is 23.4. The highest BCUT2D eigenvalue weighted by Crippen LogP contribution is 2.26. The summed E-state index contributed by atoms with van der Waals surface area (Å²) in [5, 5.41) is 3.48. The summed E-state index contributed by atoms with van der Waals surface area (Å²) in [7, 11) is -4.11. The molecule has 0 aliphatic rings. The molecule has 3 aromatic carbocycles. The SMILES string of the molecule is CC[C@@H](C)NC(=O)[C@@H](C)N(Cc1ccc(Cl)cc1)C(=O)CN(c1ccc(C)cc1)S(=O)(=O)c1ccc(SC)cc1. The summed E-state index contributed by atoms with van der Waals surface area (Å²) in [5.41, 5.74) is 2.07. The lowest BCUT2D eigenvalue weighted by Gasteiger charge is -2.32. The molecule has 2 amide bonds. The van der Waals surface area contributed by atoms with E-state index in [4.69, 9.17) is 11.6 Å². The molecule has 0 spiro atoms.